The van der Waals surface area contributed by atoms with E-state index in [0.29, 0.717) is 5.88 Å². The highest BCUT2D eigenvalue weighted by atomic mass is 35.5. The van der Waals surface area contributed by atoms with Crippen LogP contribution in [0.3, 0.4) is 0 Å². The van der Waals surface area contributed by atoms with Crippen molar-refractivity contribution in [2.45, 2.75) is 6.04 Å². The summed E-state index contributed by atoms with van der Waals surface area (Å²) in [4.78, 5) is 6.52. The van der Waals surface area contributed by atoms with Crippen molar-refractivity contribution in [3.05, 3.63) is 24.4 Å². The molecule has 1 unspecified atom stereocenters. The van der Waals surface area contributed by atoms with Gasteiger partial charge in [-0.15, -0.1) is 11.6 Å². The Hall–Kier alpha value is -0.760. The summed E-state index contributed by atoms with van der Waals surface area (Å²) in [7, 11) is 0. The van der Waals surface area contributed by atoms with Gasteiger partial charge in [0.05, 0.1) is 6.04 Å². The number of aliphatic imine (C=N–C) groups is 1. The van der Waals surface area contributed by atoms with Crippen LogP contribution in [0, 0.1) is 0 Å². The van der Waals surface area contributed by atoms with Gasteiger partial charge in [0.1, 0.15) is 5.84 Å². The SMILES string of the molecule is ClCC1CN2C=CC=CC2=N1. The second kappa shape index (κ2) is 2.70. The summed E-state index contributed by atoms with van der Waals surface area (Å²) in [5, 5.41) is 0. The number of hydrogen-bond acceptors (Lipinski definition) is 2. The van der Waals surface area contributed by atoms with E-state index in [1.165, 1.54) is 0 Å². The molecule has 0 aromatic carbocycles. The third-order valence-corrected chi connectivity index (χ3v) is 2.17. The van der Waals surface area contributed by atoms with E-state index in [1.54, 1.807) is 0 Å². The molecule has 0 radical (unpaired) electrons. The van der Waals surface area contributed by atoms with E-state index in [1.807, 2.05) is 24.4 Å². The fraction of sp³-hybridized carbons (Fsp3) is 0.375. The molecule has 0 N–H and O–H groups in total. The van der Waals surface area contributed by atoms with Gasteiger partial charge in [0, 0.05) is 18.6 Å². The van der Waals surface area contributed by atoms with Gasteiger partial charge in [-0.1, -0.05) is 6.08 Å². The first kappa shape index (κ1) is 6.92. The van der Waals surface area contributed by atoms with E-state index >= 15 is 0 Å². The van der Waals surface area contributed by atoms with Crippen LogP contribution < -0.4 is 0 Å². The molecule has 0 bridgehead atoms. The average molecular weight is 169 g/mol. The van der Waals surface area contributed by atoms with Crippen LogP contribution in [-0.2, 0) is 0 Å². The summed E-state index contributed by atoms with van der Waals surface area (Å²) in [5.41, 5.74) is 0. The van der Waals surface area contributed by atoms with Crippen molar-refractivity contribution in [2.75, 3.05) is 12.4 Å². The standard InChI is InChI=1S/C8H9ClN2/c9-5-7-6-11-4-2-1-3-8(11)10-7/h1-4,7H,5-6H2. The summed E-state index contributed by atoms with van der Waals surface area (Å²) in [6.07, 6.45) is 8.04. The van der Waals surface area contributed by atoms with Crippen molar-refractivity contribution in [2.24, 2.45) is 4.99 Å². The minimum Gasteiger partial charge on any atom is -0.331 e. The molecule has 2 heterocycles. The van der Waals surface area contributed by atoms with Crippen molar-refractivity contribution >= 4 is 17.4 Å². The molecule has 0 saturated carbocycles. The molecule has 2 rings (SSSR count). The highest BCUT2D eigenvalue weighted by Gasteiger charge is 2.21. The van der Waals surface area contributed by atoms with E-state index in [9.17, 15) is 0 Å². The zero-order chi connectivity index (χ0) is 7.68. The Bertz CT molecular complexity index is 242. The summed E-state index contributed by atoms with van der Waals surface area (Å²) in [5.74, 6) is 1.65. The smallest absolute Gasteiger partial charge is 0.127 e. The molecule has 0 saturated heterocycles. The number of halogens is 1. The van der Waals surface area contributed by atoms with Crippen LogP contribution in [0.5, 0.6) is 0 Å². The quantitative estimate of drug-likeness (QED) is 0.541. The zero-order valence-corrected chi connectivity index (χ0v) is 6.83. The van der Waals surface area contributed by atoms with E-state index in [-0.39, 0.29) is 6.04 Å². The second-order valence-corrected chi connectivity index (χ2v) is 2.96. The number of nitrogens with zero attached hydrogens (tertiary/aromatic N) is 2. The lowest BCUT2D eigenvalue weighted by atomic mass is 10.3. The topological polar surface area (TPSA) is 15.6 Å². The molecule has 2 nitrogen and oxygen atoms in total. The molecule has 0 aromatic rings. The zero-order valence-electron chi connectivity index (χ0n) is 6.07. The van der Waals surface area contributed by atoms with Crippen LogP contribution in [0.2, 0.25) is 0 Å². The Labute approximate surface area is 70.9 Å². The highest BCUT2D eigenvalue weighted by molar-refractivity contribution is 6.18. The van der Waals surface area contributed by atoms with Crippen molar-refractivity contribution in [1.82, 2.24) is 4.90 Å². The predicted octanol–water partition coefficient (Wildman–Crippen LogP) is 1.39. The Morgan fingerprint density at radius 2 is 2.55 bits per heavy atom. The lowest BCUT2D eigenvalue weighted by molar-refractivity contribution is 0.560. The maximum atomic E-state index is 5.69. The molecule has 0 aliphatic carbocycles. The molecule has 3 heteroatoms. The van der Waals surface area contributed by atoms with Crippen LogP contribution in [0.15, 0.2) is 29.4 Å². The number of fused-ring (bicyclic) bond motifs is 1. The molecule has 58 valence electrons. The van der Waals surface area contributed by atoms with Gasteiger partial charge in [-0.3, -0.25) is 4.99 Å². The van der Waals surface area contributed by atoms with Gasteiger partial charge >= 0.3 is 0 Å². The van der Waals surface area contributed by atoms with E-state index < -0.39 is 0 Å². The molecule has 2 aliphatic rings. The largest absolute Gasteiger partial charge is 0.331 e. The third kappa shape index (κ3) is 1.18. The van der Waals surface area contributed by atoms with Gasteiger partial charge in [-0.05, 0) is 12.2 Å². The van der Waals surface area contributed by atoms with Gasteiger partial charge in [-0.25, -0.2) is 0 Å². The van der Waals surface area contributed by atoms with E-state index in [0.717, 1.165) is 12.4 Å². The van der Waals surface area contributed by atoms with Crippen molar-refractivity contribution < 1.29 is 0 Å². The Morgan fingerprint density at radius 1 is 1.64 bits per heavy atom. The van der Waals surface area contributed by atoms with E-state index in [4.69, 9.17) is 11.6 Å². The number of hydrogen-bond donors (Lipinski definition) is 0. The normalized spacial score (nSPS) is 27.2. The van der Waals surface area contributed by atoms with Gasteiger partial charge in [-0.2, -0.15) is 0 Å². The molecule has 0 amide bonds. The molecule has 0 spiro atoms. The van der Waals surface area contributed by atoms with Gasteiger partial charge in [0.2, 0.25) is 0 Å². The lowest BCUT2D eigenvalue weighted by Crippen LogP contribution is -2.24. The molecular formula is C8H9ClN2. The maximum absolute atomic E-state index is 5.69. The van der Waals surface area contributed by atoms with Crippen LogP contribution in [0.1, 0.15) is 0 Å². The van der Waals surface area contributed by atoms with E-state index in [2.05, 4.69) is 9.89 Å². The fourth-order valence-corrected chi connectivity index (χ4v) is 1.44. The third-order valence-electron chi connectivity index (χ3n) is 1.82. The van der Waals surface area contributed by atoms with Gasteiger partial charge in [0.15, 0.2) is 0 Å². The Balaban J connectivity index is 2.19. The maximum Gasteiger partial charge on any atom is 0.127 e. The summed E-state index contributed by atoms with van der Waals surface area (Å²) >= 11 is 5.69. The van der Waals surface area contributed by atoms with Gasteiger partial charge in [0.25, 0.3) is 0 Å². The van der Waals surface area contributed by atoms with Crippen LogP contribution in [0.4, 0.5) is 0 Å². The molecule has 0 aromatic heterocycles. The molecule has 11 heavy (non-hydrogen) atoms. The first-order chi connectivity index (χ1) is 5.40. The Morgan fingerprint density at radius 3 is 3.27 bits per heavy atom. The monoisotopic (exact) mass is 168 g/mol. The number of rotatable bonds is 1. The average Bonchev–Trinajstić information content (AvgIpc) is 2.46. The van der Waals surface area contributed by atoms with Crippen molar-refractivity contribution in [3.8, 4) is 0 Å². The number of amidine groups is 1. The molecule has 0 fully saturated rings. The minimum absolute atomic E-state index is 0.277. The summed E-state index contributed by atoms with van der Waals surface area (Å²) < 4.78 is 0. The summed E-state index contributed by atoms with van der Waals surface area (Å²) in [6.45, 7) is 0.930. The second-order valence-electron chi connectivity index (χ2n) is 2.65. The van der Waals surface area contributed by atoms with Crippen molar-refractivity contribution in [1.29, 1.82) is 0 Å². The molecule has 1 atom stereocenters. The first-order valence-electron chi connectivity index (χ1n) is 3.65. The van der Waals surface area contributed by atoms with Crippen molar-refractivity contribution in [3.63, 3.8) is 0 Å². The fourth-order valence-electron chi connectivity index (χ4n) is 1.28. The Kier molecular flexibility index (Phi) is 1.70. The molecule has 2 aliphatic heterocycles. The number of allylic oxidation sites excluding steroid dienone is 2. The van der Waals surface area contributed by atoms with Crippen LogP contribution >= 0.6 is 11.6 Å². The predicted molar refractivity (Wildman–Crippen MR) is 46.9 cm³/mol. The van der Waals surface area contributed by atoms with Crippen LogP contribution in [0.25, 0.3) is 0 Å². The minimum atomic E-state index is 0.277. The van der Waals surface area contributed by atoms with Crippen LogP contribution in [-0.4, -0.2) is 29.2 Å². The number of alkyl halides is 1. The highest BCUT2D eigenvalue weighted by Crippen LogP contribution is 2.14. The molecular weight excluding hydrogens is 160 g/mol. The summed E-state index contributed by atoms with van der Waals surface area (Å²) in [6, 6.07) is 0.277. The van der Waals surface area contributed by atoms with Gasteiger partial charge < -0.3 is 4.90 Å². The lowest BCUT2D eigenvalue weighted by Gasteiger charge is -2.14. The first-order valence-corrected chi connectivity index (χ1v) is 4.19.